The number of ether oxygens (including phenoxy) is 1. The van der Waals surface area contributed by atoms with Crippen LogP contribution in [0.3, 0.4) is 0 Å². The van der Waals surface area contributed by atoms with E-state index in [-0.39, 0.29) is 24.0 Å². The number of rotatable bonds is 9. The van der Waals surface area contributed by atoms with Gasteiger partial charge in [0.2, 0.25) is 15.9 Å². The molecule has 1 fully saturated rings. The molecule has 3 aromatic rings. The smallest absolute Gasteiger partial charge is 0.350 e. The van der Waals surface area contributed by atoms with Crippen LogP contribution in [0.1, 0.15) is 41.4 Å². The Morgan fingerprint density at radius 3 is 2.42 bits per heavy atom. The van der Waals surface area contributed by atoms with Gasteiger partial charge in [0.15, 0.2) is 0 Å². The number of nitrogens with zero attached hydrogens (tertiary/aromatic N) is 1. The van der Waals surface area contributed by atoms with Crippen LogP contribution in [0.15, 0.2) is 57.9 Å². The number of amides is 1. The van der Waals surface area contributed by atoms with Crippen molar-refractivity contribution in [2.75, 3.05) is 36.9 Å². The molecule has 2 N–H and O–H groups in total. The molecule has 1 amide bonds. The van der Waals surface area contributed by atoms with Gasteiger partial charge in [0, 0.05) is 28.1 Å². The molecule has 1 aliphatic rings. The van der Waals surface area contributed by atoms with Crippen LogP contribution in [0.4, 0.5) is 11.4 Å². The normalized spacial score (nSPS) is 14.2. The Bertz CT molecular complexity index is 1410. The minimum absolute atomic E-state index is 0.111. The highest BCUT2D eigenvalue weighted by molar-refractivity contribution is 9.10. The average molecular weight is 621 g/mol. The quantitative estimate of drug-likeness (QED) is 0.289. The van der Waals surface area contributed by atoms with Gasteiger partial charge in [-0.05, 0) is 68.1 Å². The van der Waals surface area contributed by atoms with E-state index in [0.717, 1.165) is 39.7 Å². The van der Waals surface area contributed by atoms with Gasteiger partial charge in [0.05, 0.1) is 23.7 Å². The number of hydrogen-bond donors (Lipinski definition) is 2. The zero-order valence-electron chi connectivity index (χ0n) is 21.3. The number of sulfonamides is 1. The zero-order valence-corrected chi connectivity index (χ0v) is 24.5. The highest BCUT2D eigenvalue weighted by Crippen LogP contribution is 2.36. The second-order valence-corrected chi connectivity index (χ2v) is 12.8. The van der Waals surface area contributed by atoms with Crippen LogP contribution < -0.4 is 10.6 Å². The number of nitrogens with one attached hydrogen (secondary N) is 2. The van der Waals surface area contributed by atoms with E-state index in [4.69, 9.17) is 4.74 Å². The molecule has 11 heteroatoms. The molecule has 0 atom stereocenters. The Hall–Kier alpha value is -2.73. The molecule has 0 unspecified atom stereocenters. The van der Waals surface area contributed by atoms with Crippen LogP contribution in [0.5, 0.6) is 0 Å². The van der Waals surface area contributed by atoms with Crippen LogP contribution in [0.2, 0.25) is 0 Å². The number of anilines is 2. The number of carbonyl (C=O) groups is 2. The Balaban J connectivity index is 1.49. The maximum absolute atomic E-state index is 13.1. The predicted molar refractivity (Wildman–Crippen MR) is 154 cm³/mol. The molecule has 8 nitrogen and oxygen atoms in total. The van der Waals surface area contributed by atoms with Gasteiger partial charge in [0.1, 0.15) is 4.88 Å². The number of esters is 1. The van der Waals surface area contributed by atoms with Gasteiger partial charge in [-0.3, -0.25) is 4.79 Å². The maximum atomic E-state index is 13.1. The van der Waals surface area contributed by atoms with Crippen molar-refractivity contribution in [3.8, 4) is 10.4 Å². The van der Waals surface area contributed by atoms with Gasteiger partial charge < -0.3 is 15.4 Å². The number of halogens is 1. The first-order valence-electron chi connectivity index (χ1n) is 12.4. The molecule has 0 spiro atoms. The maximum Gasteiger partial charge on any atom is 0.350 e. The Kier molecular flexibility index (Phi) is 9.24. The Morgan fingerprint density at radius 1 is 1.03 bits per heavy atom. The second-order valence-electron chi connectivity index (χ2n) is 8.92. The first-order valence-corrected chi connectivity index (χ1v) is 15.5. The number of thiophene rings is 1. The third-order valence-electron chi connectivity index (χ3n) is 6.20. The summed E-state index contributed by atoms with van der Waals surface area (Å²) in [5.41, 5.74) is 2.65. The van der Waals surface area contributed by atoms with Crippen LogP contribution in [0.25, 0.3) is 10.4 Å². The molecule has 0 aliphatic carbocycles. The summed E-state index contributed by atoms with van der Waals surface area (Å²) in [7, 11) is -3.60. The fraction of sp³-hybridized carbons (Fsp3) is 0.333. The molecule has 1 aliphatic heterocycles. The third-order valence-corrected chi connectivity index (χ3v) is 9.78. The first kappa shape index (κ1) is 28.3. The minimum Gasteiger partial charge on any atom is -0.462 e. The monoisotopic (exact) mass is 619 g/mol. The third kappa shape index (κ3) is 6.63. The van der Waals surface area contributed by atoms with E-state index in [0.29, 0.717) is 29.3 Å². The molecule has 1 saturated heterocycles. The molecule has 0 bridgehead atoms. The van der Waals surface area contributed by atoms with Crippen LogP contribution in [0, 0.1) is 6.92 Å². The highest BCUT2D eigenvalue weighted by atomic mass is 79.9. The lowest BCUT2D eigenvalue weighted by atomic mass is 10.2. The van der Waals surface area contributed by atoms with E-state index in [1.165, 1.54) is 15.6 Å². The summed E-state index contributed by atoms with van der Waals surface area (Å²) in [5.74, 6) is -0.880. The molecule has 0 radical (unpaired) electrons. The fourth-order valence-corrected chi connectivity index (χ4v) is 6.99. The summed E-state index contributed by atoms with van der Waals surface area (Å²) in [4.78, 5) is 26.8. The van der Waals surface area contributed by atoms with Gasteiger partial charge in [-0.1, -0.05) is 40.5 Å². The zero-order chi connectivity index (χ0) is 27.3. The molecule has 4 rings (SSSR count). The van der Waals surface area contributed by atoms with Gasteiger partial charge in [-0.25, -0.2) is 13.2 Å². The molecule has 2 aromatic carbocycles. The SMILES string of the molecule is CCOC(=O)c1sc(-c2ccc(Br)cc2)cc1NC(=O)CNc1cc(S(=O)(=O)N2CCCCC2)ccc1C. The van der Waals surface area contributed by atoms with E-state index >= 15 is 0 Å². The van der Waals surface area contributed by atoms with Crippen molar-refractivity contribution < 1.29 is 22.7 Å². The topological polar surface area (TPSA) is 105 Å². The lowest BCUT2D eigenvalue weighted by Crippen LogP contribution is -2.35. The number of hydrogen-bond acceptors (Lipinski definition) is 7. The van der Waals surface area contributed by atoms with E-state index in [1.807, 2.05) is 31.2 Å². The summed E-state index contributed by atoms with van der Waals surface area (Å²) in [5, 5.41) is 5.86. The summed E-state index contributed by atoms with van der Waals surface area (Å²) in [6.07, 6.45) is 2.75. The van der Waals surface area contributed by atoms with Crippen LogP contribution in [-0.2, 0) is 19.6 Å². The first-order chi connectivity index (χ1) is 18.2. The Labute approximate surface area is 235 Å². The minimum atomic E-state index is -3.60. The molecule has 2 heterocycles. The van der Waals surface area contributed by atoms with Crippen molar-refractivity contribution in [2.45, 2.75) is 38.0 Å². The molecular formula is C27H30BrN3O5S2. The van der Waals surface area contributed by atoms with Crippen LogP contribution >= 0.6 is 27.3 Å². The van der Waals surface area contributed by atoms with E-state index in [1.54, 1.807) is 31.2 Å². The van der Waals surface area contributed by atoms with Crippen molar-refractivity contribution in [2.24, 2.45) is 0 Å². The van der Waals surface area contributed by atoms with Crippen LogP contribution in [-0.4, -0.2) is 50.8 Å². The number of aryl methyl sites for hydroxylation is 1. The summed E-state index contributed by atoms with van der Waals surface area (Å²) < 4.78 is 33.8. The lowest BCUT2D eigenvalue weighted by Gasteiger charge is -2.26. The van der Waals surface area contributed by atoms with E-state index in [2.05, 4.69) is 26.6 Å². The lowest BCUT2D eigenvalue weighted by molar-refractivity contribution is -0.114. The predicted octanol–water partition coefficient (Wildman–Crippen LogP) is 5.89. The average Bonchev–Trinajstić information content (AvgIpc) is 3.33. The standard InChI is InChI=1S/C27H30BrN3O5S2/c1-3-36-27(33)26-23(16-24(37-26)19-8-10-20(28)11-9-19)30-25(32)17-29-22-15-21(12-7-18(22)2)38(34,35)31-13-5-4-6-14-31/h7-12,15-16,29H,3-6,13-14,17H2,1-2H3,(H,30,32). The van der Waals surface area contributed by atoms with E-state index < -0.39 is 16.0 Å². The molecule has 202 valence electrons. The van der Waals surface area contributed by atoms with Gasteiger partial charge >= 0.3 is 5.97 Å². The van der Waals surface area contributed by atoms with Gasteiger partial charge in [-0.15, -0.1) is 11.3 Å². The van der Waals surface area contributed by atoms with Crippen molar-refractivity contribution in [3.63, 3.8) is 0 Å². The number of benzene rings is 2. The summed E-state index contributed by atoms with van der Waals surface area (Å²) in [6.45, 7) is 4.72. The molecule has 38 heavy (non-hydrogen) atoms. The van der Waals surface area contributed by atoms with Crippen molar-refractivity contribution in [3.05, 3.63) is 63.4 Å². The molecule has 1 aromatic heterocycles. The van der Waals surface area contributed by atoms with Gasteiger partial charge in [-0.2, -0.15) is 4.31 Å². The summed E-state index contributed by atoms with van der Waals surface area (Å²) >= 11 is 4.67. The molecular weight excluding hydrogens is 590 g/mol. The number of piperidine rings is 1. The van der Waals surface area contributed by atoms with Crippen molar-refractivity contribution in [1.29, 1.82) is 0 Å². The largest absolute Gasteiger partial charge is 0.462 e. The molecule has 0 saturated carbocycles. The highest BCUT2D eigenvalue weighted by Gasteiger charge is 2.26. The second kappa shape index (κ2) is 12.4. The number of carbonyl (C=O) groups excluding carboxylic acids is 2. The Morgan fingerprint density at radius 2 is 1.74 bits per heavy atom. The van der Waals surface area contributed by atoms with Crippen molar-refractivity contribution in [1.82, 2.24) is 4.31 Å². The van der Waals surface area contributed by atoms with Crippen molar-refractivity contribution >= 4 is 60.5 Å². The van der Waals surface area contributed by atoms with E-state index in [9.17, 15) is 18.0 Å². The fourth-order valence-electron chi connectivity index (χ4n) is 4.16. The van der Waals surface area contributed by atoms with Gasteiger partial charge in [0.25, 0.3) is 0 Å². The summed E-state index contributed by atoms with van der Waals surface area (Å²) in [6, 6.07) is 14.3.